The topological polar surface area (TPSA) is 54.4 Å². The Kier molecular flexibility index (Phi) is 7.14. The molecule has 146 valence electrons. The molecule has 1 heterocycles. The van der Waals surface area contributed by atoms with E-state index >= 15 is 0 Å². The zero-order valence-electron chi connectivity index (χ0n) is 16.0. The molecule has 0 bridgehead atoms. The number of ether oxygens (including phenoxy) is 3. The number of benzene rings is 1. The van der Waals surface area contributed by atoms with Crippen molar-refractivity contribution >= 4 is 0 Å². The molecule has 1 aliphatic carbocycles. The molecule has 2 fully saturated rings. The number of methoxy groups -OCH3 is 1. The summed E-state index contributed by atoms with van der Waals surface area (Å²) in [7, 11) is 1.66. The van der Waals surface area contributed by atoms with E-state index < -0.39 is 6.10 Å². The first kappa shape index (κ1) is 19.4. The summed E-state index contributed by atoms with van der Waals surface area (Å²) in [4.78, 5) is 4.69. The van der Waals surface area contributed by atoms with Crippen molar-refractivity contribution in [2.75, 3.05) is 53.1 Å². The first-order valence-electron chi connectivity index (χ1n) is 9.72. The maximum Gasteiger partial charge on any atom is 0.165 e. The third kappa shape index (κ3) is 5.33. The van der Waals surface area contributed by atoms with Gasteiger partial charge in [0.2, 0.25) is 0 Å². The Morgan fingerprint density at radius 2 is 2.08 bits per heavy atom. The molecule has 3 rings (SSSR count). The van der Waals surface area contributed by atoms with Crippen LogP contribution in [0, 0.1) is 0 Å². The molecule has 1 N–H and O–H groups in total. The van der Waals surface area contributed by atoms with E-state index in [1.807, 2.05) is 12.1 Å². The van der Waals surface area contributed by atoms with Crippen LogP contribution < -0.4 is 9.47 Å². The van der Waals surface area contributed by atoms with Gasteiger partial charge >= 0.3 is 0 Å². The van der Waals surface area contributed by atoms with Gasteiger partial charge < -0.3 is 19.3 Å². The zero-order chi connectivity index (χ0) is 18.4. The number of aliphatic hydroxyl groups is 1. The molecule has 0 spiro atoms. The molecule has 0 aromatic heterocycles. The number of aliphatic hydroxyl groups excluding tert-OH is 1. The van der Waals surface area contributed by atoms with Crippen molar-refractivity contribution in [3.05, 3.63) is 23.8 Å². The highest BCUT2D eigenvalue weighted by Crippen LogP contribution is 2.35. The van der Waals surface area contributed by atoms with Crippen molar-refractivity contribution in [3.63, 3.8) is 0 Å². The van der Waals surface area contributed by atoms with Crippen LogP contribution in [0.3, 0.4) is 0 Å². The first-order valence-corrected chi connectivity index (χ1v) is 9.72. The Hall–Kier alpha value is -1.34. The number of nitrogens with zero attached hydrogens (tertiary/aromatic N) is 2. The minimum Gasteiger partial charge on any atom is -0.493 e. The number of β-amino-alcohol motifs (C(OH)–C–C–N with tert-alkyl or cyclic N) is 1. The molecule has 26 heavy (non-hydrogen) atoms. The summed E-state index contributed by atoms with van der Waals surface area (Å²) in [5, 5.41) is 10.4. The largest absolute Gasteiger partial charge is 0.493 e. The van der Waals surface area contributed by atoms with Crippen LogP contribution in [0.2, 0.25) is 0 Å². The van der Waals surface area contributed by atoms with Crippen LogP contribution in [0.4, 0.5) is 0 Å². The van der Waals surface area contributed by atoms with Crippen molar-refractivity contribution in [2.24, 2.45) is 0 Å². The molecule has 0 unspecified atom stereocenters. The average molecular weight is 364 g/mol. The third-order valence-corrected chi connectivity index (χ3v) is 5.12. The third-order valence-electron chi connectivity index (χ3n) is 5.12. The van der Waals surface area contributed by atoms with Crippen molar-refractivity contribution in [2.45, 2.75) is 38.5 Å². The van der Waals surface area contributed by atoms with Crippen LogP contribution in [0.15, 0.2) is 18.2 Å². The van der Waals surface area contributed by atoms with E-state index in [1.165, 1.54) is 12.8 Å². The molecular formula is C20H32N2O4. The molecule has 1 aromatic rings. The van der Waals surface area contributed by atoms with Crippen molar-refractivity contribution < 1.29 is 19.3 Å². The summed E-state index contributed by atoms with van der Waals surface area (Å²) in [5.41, 5.74) is 1.12. The summed E-state index contributed by atoms with van der Waals surface area (Å²) >= 11 is 0. The van der Waals surface area contributed by atoms with Crippen LogP contribution in [0.1, 0.15) is 25.3 Å². The number of para-hydroxylation sites is 1. The normalized spacial score (nSPS) is 19.5. The molecule has 6 heteroatoms. The van der Waals surface area contributed by atoms with Gasteiger partial charge in [-0.1, -0.05) is 19.1 Å². The second-order valence-electron chi connectivity index (χ2n) is 7.12. The van der Waals surface area contributed by atoms with Gasteiger partial charge in [0.25, 0.3) is 0 Å². The van der Waals surface area contributed by atoms with E-state index in [1.54, 1.807) is 7.11 Å². The van der Waals surface area contributed by atoms with Gasteiger partial charge in [-0.25, -0.2) is 0 Å². The summed E-state index contributed by atoms with van der Waals surface area (Å²) in [5.74, 6) is 1.49. The van der Waals surface area contributed by atoms with Crippen molar-refractivity contribution in [3.8, 4) is 11.5 Å². The fourth-order valence-electron chi connectivity index (χ4n) is 3.48. The Morgan fingerprint density at radius 1 is 1.31 bits per heavy atom. The van der Waals surface area contributed by atoms with Gasteiger partial charge in [-0.2, -0.15) is 0 Å². The molecule has 1 atom stereocenters. The standard InChI is InChI=1S/C20H32N2O4/c1-3-22(17-7-8-17)13-16-5-4-6-19(24-2)20(16)26-15-18(23)14-21-9-11-25-12-10-21/h4-6,17-18,23H,3,7-15H2,1-2H3/t18-/m1/s1. The molecule has 1 saturated carbocycles. The molecule has 0 radical (unpaired) electrons. The van der Waals surface area contributed by atoms with Crippen molar-refractivity contribution in [1.82, 2.24) is 9.80 Å². The molecule has 0 amide bonds. The molecule has 1 saturated heterocycles. The minimum absolute atomic E-state index is 0.264. The Morgan fingerprint density at radius 3 is 2.73 bits per heavy atom. The van der Waals surface area contributed by atoms with Gasteiger partial charge in [-0.05, 0) is 25.5 Å². The van der Waals surface area contributed by atoms with Crippen LogP contribution in [0.25, 0.3) is 0 Å². The fraction of sp³-hybridized carbons (Fsp3) is 0.700. The Labute approximate surface area is 156 Å². The highest BCUT2D eigenvalue weighted by molar-refractivity contribution is 5.46. The highest BCUT2D eigenvalue weighted by Gasteiger charge is 2.28. The van der Waals surface area contributed by atoms with Gasteiger partial charge in [-0.3, -0.25) is 9.80 Å². The van der Waals surface area contributed by atoms with Crippen LogP contribution >= 0.6 is 0 Å². The van der Waals surface area contributed by atoms with Crippen LogP contribution in [-0.4, -0.2) is 80.2 Å². The maximum atomic E-state index is 10.4. The lowest BCUT2D eigenvalue weighted by molar-refractivity contribution is 0.00430. The van der Waals surface area contributed by atoms with Gasteiger partial charge in [0.1, 0.15) is 12.7 Å². The molecule has 6 nitrogen and oxygen atoms in total. The number of hydrogen-bond acceptors (Lipinski definition) is 6. The predicted octanol–water partition coefficient (Wildman–Crippen LogP) is 1.75. The number of rotatable bonds is 10. The second kappa shape index (κ2) is 9.55. The van der Waals surface area contributed by atoms with Gasteiger partial charge in [0.15, 0.2) is 11.5 Å². The lowest BCUT2D eigenvalue weighted by Gasteiger charge is -2.29. The summed E-state index contributed by atoms with van der Waals surface area (Å²) in [6, 6.07) is 6.72. The Bertz CT molecular complexity index is 559. The molecule has 1 aromatic carbocycles. The van der Waals surface area contributed by atoms with E-state index in [4.69, 9.17) is 14.2 Å². The minimum atomic E-state index is -0.531. The zero-order valence-corrected chi connectivity index (χ0v) is 16.0. The number of hydrogen-bond donors (Lipinski definition) is 1. The SMILES string of the molecule is CCN(Cc1cccc(OC)c1OC[C@H](O)CN1CCOCC1)C1CC1. The molecule has 2 aliphatic rings. The van der Waals surface area contributed by atoms with Gasteiger partial charge in [-0.15, -0.1) is 0 Å². The molecule has 1 aliphatic heterocycles. The monoisotopic (exact) mass is 364 g/mol. The lowest BCUT2D eigenvalue weighted by atomic mass is 10.1. The van der Waals surface area contributed by atoms with E-state index in [9.17, 15) is 5.11 Å². The lowest BCUT2D eigenvalue weighted by Crippen LogP contribution is -2.42. The first-order chi connectivity index (χ1) is 12.7. The quantitative estimate of drug-likeness (QED) is 0.683. The van der Waals surface area contributed by atoms with Crippen molar-refractivity contribution in [1.29, 1.82) is 0 Å². The highest BCUT2D eigenvalue weighted by atomic mass is 16.5. The Balaban J connectivity index is 1.61. The van der Waals surface area contributed by atoms with E-state index in [2.05, 4.69) is 22.8 Å². The predicted molar refractivity (Wildman–Crippen MR) is 101 cm³/mol. The number of morpholine rings is 1. The van der Waals surface area contributed by atoms with Crippen LogP contribution in [0.5, 0.6) is 11.5 Å². The summed E-state index contributed by atoms with van der Waals surface area (Å²) in [6.07, 6.45) is 2.04. The van der Waals surface area contributed by atoms with E-state index in [0.29, 0.717) is 12.6 Å². The summed E-state index contributed by atoms with van der Waals surface area (Å²) in [6.45, 7) is 8.15. The van der Waals surface area contributed by atoms with Gasteiger partial charge in [0.05, 0.1) is 20.3 Å². The maximum absolute atomic E-state index is 10.4. The van der Waals surface area contributed by atoms with Crippen LogP contribution in [-0.2, 0) is 11.3 Å². The van der Waals surface area contributed by atoms with E-state index in [0.717, 1.165) is 56.5 Å². The van der Waals surface area contributed by atoms with E-state index in [-0.39, 0.29) is 6.61 Å². The summed E-state index contributed by atoms with van der Waals surface area (Å²) < 4.78 is 16.9. The fourth-order valence-corrected chi connectivity index (χ4v) is 3.48. The smallest absolute Gasteiger partial charge is 0.165 e. The average Bonchev–Trinajstić information content (AvgIpc) is 3.50. The van der Waals surface area contributed by atoms with Gasteiger partial charge in [0, 0.05) is 37.8 Å². The second-order valence-corrected chi connectivity index (χ2v) is 7.12. The molecular weight excluding hydrogens is 332 g/mol.